The van der Waals surface area contributed by atoms with Crippen LogP contribution in [-0.4, -0.2) is 73.7 Å². The maximum atomic E-state index is 13.1. The topological polar surface area (TPSA) is 57.0 Å². The fourth-order valence-corrected chi connectivity index (χ4v) is 5.79. The van der Waals surface area contributed by atoms with Crippen LogP contribution in [0.25, 0.3) is 10.8 Å². The Hall–Kier alpha value is -2.50. The number of aromatic nitrogens is 3. The lowest BCUT2D eigenvalue weighted by molar-refractivity contribution is -0.123. The fourth-order valence-electron chi connectivity index (χ4n) is 4.46. The Kier molecular flexibility index (Phi) is 5.19. The number of fused-ring (bicyclic) bond motifs is 2. The van der Waals surface area contributed by atoms with Crippen molar-refractivity contribution in [1.82, 2.24) is 29.3 Å². The summed E-state index contributed by atoms with van der Waals surface area (Å²) in [5, 5.41) is 5.79. The molecule has 3 aliphatic heterocycles. The second kappa shape index (κ2) is 7.88. The van der Waals surface area contributed by atoms with Crippen LogP contribution in [0, 0.1) is 6.92 Å². The lowest BCUT2D eigenvalue weighted by Gasteiger charge is -2.42. The quantitative estimate of drug-likeness (QED) is 0.693. The first kappa shape index (κ1) is 20.4. The molecule has 0 spiro atoms. The van der Waals surface area contributed by atoms with Crippen molar-refractivity contribution < 1.29 is 4.79 Å². The monoisotopic (exact) mass is 436 g/mol. The van der Waals surface area contributed by atoms with Crippen molar-refractivity contribution in [3.63, 3.8) is 0 Å². The smallest absolute Gasteiger partial charge is 0.252 e. The van der Waals surface area contributed by atoms with Crippen LogP contribution in [0.3, 0.4) is 0 Å². The Labute approximate surface area is 184 Å². The third-order valence-corrected chi connectivity index (χ3v) is 7.91. The Morgan fingerprint density at radius 2 is 2.13 bits per heavy atom. The molecule has 0 saturated carbocycles. The standard InChI is InChI=1S/C23H29N6OP/c1-5-18-20-10-19(25-29(20)12-15(2)24-18)21-11-22(30)28-14-17(6-7-23(28)31-21)27-9-8-26(4)16(3)13-27/h6-7,10-12,14,16,23,31H,5,8-9,13H2,1-4H3. The van der Waals surface area contributed by atoms with Gasteiger partial charge >= 0.3 is 0 Å². The fraction of sp³-hybridized carbons (Fsp3) is 0.435. The third-order valence-electron chi connectivity index (χ3n) is 6.43. The number of rotatable bonds is 3. The molecular weight excluding hydrogens is 407 g/mol. The van der Waals surface area contributed by atoms with E-state index in [0.717, 1.165) is 59.7 Å². The number of carbonyl (C=O) groups is 1. The van der Waals surface area contributed by atoms with Gasteiger partial charge in [-0.2, -0.15) is 5.10 Å². The van der Waals surface area contributed by atoms with Crippen molar-refractivity contribution in [2.24, 2.45) is 0 Å². The minimum atomic E-state index is 0.0323. The normalized spacial score (nSPS) is 25.2. The van der Waals surface area contributed by atoms with E-state index in [2.05, 4.69) is 53.9 Å². The number of piperazine rings is 1. The van der Waals surface area contributed by atoms with E-state index in [0.29, 0.717) is 14.6 Å². The average molecular weight is 437 g/mol. The molecule has 0 aliphatic carbocycles. The molecule has 8 heteroatoms. The lowest BCUT2D eigenvalue weighted by atomic mass is 10.1. The van der Waals surface area contributed by atoms with E-state index in [9.17, 15) is 4.79 Å². The molecule has 31 heavy (non-hydrogen) atoms. The average Bonchev–Trinajstić information content (AvgIpc) is 3.19. The molecule has 3 aliphatic rings. The van der Waals surface area contributed by atoms with Gasteiger partial charge in [0, 0.05) is 43.3 Å². The zero-order valence-corrected chi connectivity index (χ0v) is 19.5. The highest BCUT2D eigenvalue weighted by atomic mass is 31.1. The molecular formula is C23H29N6OP. The summed E-state index contributed by atoms with van der Waals surface area (Å²) in [6, 6.07) is 2.58. The largest absolute Gasteiger partial charge is 0.368 e. The van der Waals surface area contributed by atoms with Crippen molar-refractivity contribution in [3.8, 4) is 0 Å². The molecule has 0 radical (unpaired) electrons. The second-order valence-electron chi connectivity index (χ2n) is 8.62. The lowest BCUT2D eigenvalue weighted by Crippen LogP contribution is -2.50. The van der Waals surface area contributed by atoms with Gasteiger partial charge in [0.2, 0.25) is 0 Å². The number of nitrogens with zero attached hydrogens (tertiary/aromatic N) is 6. The van der Waals surface area contributed by atoms with Crippen LogP contribution in [0.15, 0.2) is 42.4 Å². The summed E-state index contributed by atoms with van der Waals surface area (Å²) in [7, 11) is 2.64. The zero-order valence-electron chi connectivity index (χ0n) is 18.5. The van der Waals surface area contributed by atoms with Gasteiger partial charge < -0.3 is 14.7 Å². The molecule has 0 bridgehead atoms. The first-order valence-corrected chi connectivity index (χ1v) is 12.0. The van der Waals surface area contributed by atoms with E-state index in [4.69, 9.17) is 5.10 Å². The summed E-state index contributed by atoms with van der Waals surface area (Å²) in [6.45, 7) is 9.35. The van der Waals surface area contributed by atoms with Gasteiger partial charge in [-0.1, -0.05) is 21.6 Å². The Bertz CT molecular complexity index is 1130. The number of allylic oxidation sites excluding steroid dienone is 1. The molecule has 7 nitrogen and oxygen atoms in total. The van der Waals surface area contributed by atoms with Crippen LogP contribution < -0.4 is 0 Å². The van der Waals surface area contributed by atoms with Gasteiger partial charge in [-0.15, -0.1) is 0 Å². The molecule has 2 aromatic heterocycles. The number of likely N-dealkylation sites (N-methyl/N-ethyl adjacent to an activating group) is 1. The van der Waals surface area contributed by atoms with Crippen LogP contribution >= 0.6 is 8.58 Å². The van der Waals surface area contributed by atoms with E-state index in [1.54, 1.807) is 6.08 Å². The summed E-state index contributed by atoms with van der Waals surface area (Å²) in [6.07, 6.45) is 11.0. The van der Waals surface area contributed by atoms with Crippen LogP contribution in [0.4, 0.5) is 0 Å². The van der Waals surface area contributed by atoms with Crippen molar-refractivity contribution >= 4 is 25.3 Å². The molecule has 5 rings (SSSR count). The Balaban J connectivity index is 1.41. The molecule has 2 aromatic rings. The Morgan fingerprint density at radius 1 is 1.29 bits per heavy atom. The number of aryl methyl sites for hydroxylation is 2. The zero-order chi connectivity index (χ0) is 21.7. The van der Waals surface area contributed by atoms with Gasteiger partial charge in [0.1, 0.15) is 0 Å². The second-order valence-corrected chi connectivity index (χ2v) is 10.0. The molecule has 3 unspecified atom stereocenters. The van der Waals surface area contributed by atoms with Crippen molar-refractivity contribution in [2.45, 2.75) is 39.0 Å². The molecule has 1 saturated heterocycles. The van der Waals surface area contributed by atoms with Gasteiger partial charge in [0.15, 0.2) is 0 Å². The minimum absolute atomic E-state index is 0.0323. The van der Waals surface area contributed by atoms with Gasteiger partial charge in [-0.3, -0.25) is 9.78 Å². The minimum Gasteiger partial charge on any atom is -0.368 e. The summed E-state index contributed by atoms with van der Waals surface area (Å²) in [5.41, 5.74) is 5.03. The first-order chi connectivity index (χ1) is 14.9. The van der Waals surface area contributed by atoms with Gasteiger partial charge in [-0.05, 0) is 39.5 Å². The third kappa shape index (κ3) is 3.70. The number of hydrogen-bond acceptors (Lipinski definition) is 5. The van der Waals surface area contributed by atoms with Crippen LogP contribution in [0.1, 0.15) is 30.9 Å². The Morgan fingerprint density at radius 3 is 2.90 bits per heavy atom. The van der Waals surface area contributed by atoms with Gasteiger partial charge in [0.25, 0.3) is 5.91 Å². The number of carbonyl (C=O) groups excluding carboxylic acids is 1. The molecule has 1 fully saturated rings. The van der Waals surface area contributed by atoms with E-state index in [1.807, 2.05) is 28.7 Å². The van der Waals surface area contributed by atoms with Crippen molar-refractivity contribution in [1.29, 1.82) is 0 Å². The van der Waals surface area contributed by atoms with Crippen LogP contribution in [0.5, 0.6) is 0 Å². The predicted octanol–water partition coefficient (Wildman–Crippen LogP) is 2.83. The van der Waals surface area contributed by atoms with Crippen LogP contribution in [0.2, 0.25) is 0 Å². The predicted molar refractivity (Wildman–Crippen MR) is 125 cm³/mol. The van der Waals surface area contributed by atoms with E-state index in [1.165, 1.54) is 0 Å². The van der Waals surface area contributed by atoms with E-state index >= 15 is 0 Å². The summed E-state index contributed by atoms with van der Waals surface area (Å²) in [4.78, 5) is 24.3. The number of hydrogen-bond donors (Lipinski definition) is 0. The maximum Gasteiger partial charge on any atom is 0.252 e. The molecule has 0 aromatic carbocycles. The van der Waals surface area contributed by atoms with E-state index < -0.39 is 0 Å². The molecule has 5 heterocycles. The SMILES string of the molecule is CCc1nc(C)cn2nc(C3=CC(=O)N4C=C(N5CCN(C)C(C)C5)C=CC4P3)cc12. The highest BCUT2D eigenvalue weighted by Gasteiger charge is 2.31. The highest BCUT2D eigenvalue weighted by molar-refractivity contribution is 7.51. The summed E-state index contributed by atoms with van der Waals surface area (Å²) < 4.78 is 1.90. The first-order valence-electron chi connectivity index (χ1n) is 10.9. The van der Waals surface area contributed by atoms with Crippen molar-refractivity contribution in [2.75, 3.05) is 26.7 Å². The van der Waals surface area contributed by atoms with Gasteiger partial charge in [-0.25, -0.2) is 4.52 Å². The molecule has 1 amide bonds. The van der Waals surface area contributed by atoms with Gasteiger partial charge in [0.05, 0.1) is 40.3 Å². The summed E-state index contributed by atoms with van der Waals surface area (Å²) >= 11 is 0. The van der Waals surface area contributed by atoms with Crippen LogP contribution in [-0.2, 0) is 11.2 Å². The highest BCUT2D eigenvalue weighted by Crippen LogP contribution is 2.44. The summed E-state index contributed by atoms with van der Waals surface area (Å²) in [5.74, 6) is 0.0984. The molecule has 3 atom stereocenters. The van der Waals surface area contributed by atoms with E-state index in [-0.39, 0.29) is 11.7 Å². The molecule has 162 valence electrons. The maximum absolute atomic E-state index is 13.1. The number of amides is 1. The van der Waals surface area contributed by atoms with Crippen molar-refractivity contribution in [3.05, 3.63) is 59.5 Å². The molecule has 0 N–H and O–H groups in total.